The Hall–Kier alpha value is -1.75. The van der Waals surface area contributed by atoms with E-state index in [-0.39, 0.29) is 23.6 Å². The van der Waals surface area contributed by atoms with Crippen LogP contribution in [0, 0.1) is 0 Å². The number of halogens is 1. The van der Waals surface area contributed by atoms with E-state index in [1.165, 1.54) is 18.2 Å². The quantitative estimate of drug-likeness (QED) is 0.815. The van der Waals surface area contributed by atoms with Gasteiger partial charge in [-0.3, -0.25) is 4.79 Å². The molecule has 0 aliphatic rings. The van der Waals surface area contributed by atoms with Gasteiger partial charge in [0, 0.05) is 0 Å². The van der Waals surface area contributed by atoms with E-state index >= 15 is 0 Å². The summed E-state index contributed by atoms with van der Waals surface area (Å²) in [6.45, 7) is 0.107. The molecule has 0 aromatic heterocycles. The van der Waals surface area contributed by atoms with Crippen LogP contribution in [0.5, 0.6) is 5.75 Å². The van der Waals surface area contributed by atoms with Gasteiger partial charge in [0.25, 0.3) is 0 Å². The zero-order valence-corrected chi connectivity index (χ0v) is 9.03. The monoisotopic (exact) mass is 243 g/mol. The Morgan fingerprint density at radius 1 is 1.44 bits per heavy atom. The molecule has 0 aliphatic carbocycles. The molecule has 3 N–H and O–H groups in total. The molecule has 0 fully saturated rings. The maximum Gasteiger partial charge on any atom is 0.337 e. The standard InChI is InChI=1S/C10H10ClNO4/c11-8-2-1-6(5-7(8)10(14)15)16-4-3-9(12)13/h1-2,5H,3-4H2,(H2,12,13)(H,14,15). The Morgan fingerprint density at radius 2 is 2.12 bits per heavy atom. The number of hydrogen-bond donors (Lipinski definition) is 2. The second kappa shape index (κ2) is 5.37. The maximum absolute atomic E-state index is 10.7. The highest BCUT2D eigenvalue weighted by molar-refractivity contribution is 6.33. The molecule has 1 amide bonds. The average Bonchev–Trinajstić information content (AvgIpc) is 2.19. The van der Waals surface area contributed by atoms with Crippen molar-refractivity contribution in [2.75, 3.05) is 6.61 Å². The van der Waals surface area contributed by atoms with E-state index in [2.05, 4.69) is 0 Å². The molecular formula is C10H10ClNO4. The number of primary amides is 1. The van der Waals surface area contributed by atoms with Crippen LogP contribution in [0.3, 0.4) is 0 Å². The van der Waals surface area contributed by atoms with E-state index in [1.807, 2.05) is 0 Å². The van der Waals surface area contributed by atoms with E-state index in [0.29, 0.717) is 5.75 Å². The number of aromatic carboxylic acids is 1. The zero-order valence-electron chi connectivity index (χ0n) is 8.27. The van der Waals surface area contributed by atoms with Gasteiger partial charge in [0.05, 0.1) is 23.6 Å². The van der Waals surface area contributed by atoms with Crippen molar-refractivity contribution in [1.29, 1.82) is 0 Å². The van der Waals surface area contributed by atoms with Crippen LogP contribution < -0.4 is 10.5 Å². The number of ether oxygens (including phenoxy) is 1. The van der Waals surface area contributed by atoms with Crippen molar-refractivity contribution >= 4 is 23.5 Å². The molecule has 5 nitrogen and oxygen atoms in total. The second-order valence-corrected chi connectivity index (χ2v) is 3.42. The second-order valence-electron chi connectivity index (χ2n) is 3.01. The maximum atomic E-state index is 10.7. The van der Waals surface area contributed by atoms with Gasteiger partial charge in [0.2, 0.25) is 5.91 Å². The van der Waals surface area contributed by atoms with Crippen molar-refractivity contribution in [1.82, 2.24) is 0 Å². The fraction of sp³-hybridized carbons (Fsp3) is 0.200. The number of carboxylic acids is 1. The molecule has 0 atom stereocenters. The third-order valence-electron chi connectivity index (χ3n) is 1.79. The highest BCUT2D eigenvalue weighted by Gasteiger charge is 2.09. The first-order valence-electron chi connectivity index (χ1n) is 4.44. The van der Waals surface area contributed by atoms with Gasteiger partial charge in [-0.15, -0.1) is 0 Å². The summed E-state index contributed by atoms with van der Waals surface area (Å²) in [6.07, 6.45) is 0.0744. The average molecular weight is 244 g/mol. The molecule has 0 saturated carbocycles. The third-order valence-corrected chi connectivity index (χ3v) is 2.12. The van der Waals surface area contributed by atoms with Gasteiger partial charge < -0.3 is 15.6 Å². The molecular weight excluding hydrogens is 234 g/mol. The van der Waals surface area contributed by atoms with Crippen molar-refractivity contribution < 1.29 is 19.4 Å². The van der Waals surface area contributed by atoms with Crippen molar-refractivity contribution in [3.63, 3.8) is 0 Å². The first-order valence-corrected chi connectivity index (χ1v) is 4.82. The SMILES string of the molecule is NC(=O)CCOc1ccc(Cl)c(C(=O)O)c1. The number of hydrogen-bond acceptors (Lipinski definition) is 3. The van der Waals surface area contributed by atoms with Crippen LogP contribution in [0.15, 0.2) is 18.2 Å². The zero-order chi connectivity index (χ0) is 12.1. The molecule has 0 saturated heterocycles. The summed E-state index contributed by atoms with van der Waals surface area (Å²) in [4.78, 5) is 21.2. The van der Waals surface area contributed by atoms with Crippen LogP contribution in [0.1, 0.15) is 16.8 Å². The first kappa shape index (κ1) is 12.3. The highest BCUT2D eigenvalue weighted by atomic mass is 35.5. The summed E-state index contributed by atoms with van der Waals surface area (Å²) in [7, 11) is 0. The minimum atomic E-state index is -1.13. The molecule has 0 heterocycles. The summed E-state index contributed by atoms with van der Waals surface area (Å²) in [5, 5.41) is 8.92. The first-order chi connectivity index (χ1) is 7.50. The van der Waals surface area contributed by atoms with Gasteiger partial charge in [-0.2, -0.15) is 0 Å². The molecule has 1 rings (SSSR count). The Morgan fingerprint density at radius 3 is 2.69 bits per heavy atom. The van der Waals surface area contributed by atoms with Gasteiger partial charge in [-0.1, -0.05) is 11.6 Å². The Bertz CT molecular complexity index is 419. The Kier molecular flexibility index (Phi) is 4.13. The van der Waals surface area contributed by atoms with Crippen molar-refractivity contribution in [2.45, 2.75) is 6.42 Å². The number of amides is 1. The molecule has 0 bridgehead atoms. The van der Waals surface area contributed by atoms with Crippen LogP contribution in [-0.2, 0) is 4.79 Å². The fourth-order valence-corrected chi connectivity index (χ4v) is 1.23. The molecule has 86 valence electrons. The van der Waals surface area contributed by atoms with Gasteiger partial charge in [0.15, 0.2) is 0 Å². The summed E-state index contributed by atoms with van der Waals surface area (Å²) >= 11 is 5.67. The van der Waals surface area contributed by atoms with Gasteiger partial charge in [-0.05, 0) is 18.2 Å². The number of carboxylic acid groups (broad SMARTS) is 1. The topological polar surface area (TPSA) is 89.6 Å². The molecule has 1 aromatic rings. The molecule has 0 aliphatic heterocycles. The van der Waals surface area contributed by atoms with Crippen LogP contribution in [0.25, 0.3) is 0 Å². The van der Waals surface area contributed by atoms with Crippen molar-refractivity contribution in [3.05, 3.63) is 28.8 Å². The lowest BCUT2D eigenvalue weighted by molar-refractivity contribution is -0.118. The van der Waals surface area contributed by atoms with Gasteiger partial charge in [-0.25, -0.2) is 4.79 Å². The molecule has 16 heavy (non-hydrogen) atoms. The van der Waals surface area contributed by atoms with E-state index in [1.54, 1.807) is 0 Å². The van der Waals surface area contributed by atoms with E-state index in [9.17, 15) is 9.59 Å². The lowest BCUT2D eigenvalue weighted by atomic mass is 10.2. The van der Waals surface area contributed by atoms with Crippen LogP contribution in [0.2, 0.25) is 5.02 Å². The molecule has 0 radical (unpaired) electrons. The number of nitrogens with two attached hydrogens (primary N) is 1. The van der Waals surface area contributed by atoms with Crippen molar-refractivity contribution in [2.24, 2.45) is 5.73 Å². The largest absolute Gasteiger partial charge is 0.493 e. The van der Waals surface area contributed by atoms with Crippen LogP contribution >= 0.6 is 11.6 Å². The Labute approximate surface area is 96.8 Å². The molecule has 0 unspecified atom stereocenters. The normalized spacial score (nSPS) is 9.81. The summed E-state index contributed by atoms with van der Waals surface area (Å²) in [6, 6.07) is 4.24. The van der Waals surface area contributed by atoms with Crippen LogP contribution in [0.4, 0.5) is 0 Å². The van der Waals surface area contributed by atoms with E-state index < -0.39 is 11.9 Å². The number of carbonyl (C=O) groups excluding carboxylic acids is 1. The van der Waals surface area contributed by atoms with E-state index in [0.717, 1.165) is 0 Å². The van der Waals surface area contributed by atoms with Gasteiger partial charge >= 0.3 is 5.97 Å². The van der Waals surface area contributed by atoms with Crippen LogP contribution in [-0.4, -0.2) is 23.6 Å². The third kappa shape index (κ3) is 3.43. The van der Waals surface area contributed by atoms with Gasteiger partial charge in [0.1, 0.15) is 5.75 Å². The molecule has 0 spiro atoms. The predicted molar refractivity (Wildman–Crippen MR) is 57.7 cm³/mol. The Balaban J connectivity index is 2.71. The predicted octanol–water partition coefficient (Wildman–Crippen LogP) is 1.29. The fourth-order valence-electron chi connectivity index (χ4n) is 1.03. The minimum Gasteiger partial charge on any atom is -0.493 e. The van der Waals surface area contributed by atoms with E-state index in [4.69, 9.17) is 27.2 Å². The lowest BCUT2D eigenvalue weighted by Crippen LogP contribution is -2.14. The molecule has 6 heteroatoms. The van der Waals surface area contributed by atoms with Crippen molar-refractivity contribution in [3.8, 4) is 5.75 Å². The molecule has 1 aromatic carbocycles. The number of benzene rings is 1. The lowest BCUT2D eigenvalue weighted by Gasteiger charge is -2.06. The summed E-state index contributed by atoms with van der Waals surface area (Å²) in [5.74, 6) is -1.28. The number of carbonyl (C=O) groups is 2. The highest BCUT2D eigenvalue weighted by Crippen LogP contribution is 2.22. The minimum absolute atomic E-state index is 0.0433. The smallest absolute Gasteiger partial charge is 0.337 e. The number of rotatable bonds is 5. The summed E-state index contributed by atoms with van der Waals surface area (Å²) in [5.41, 5.74) is 4.88. The summed E-state index contributed by atoms with van der Waals surface area (Å²) < 4.78 is 5.14.